The fourth-order valence-corrected chi connectivity index (χ4v) is 5.55. The van der Waals surface area contributed by atoms with Gasteiger partial charge in [-0.05, 0) is 34.9 Å². The van der Waals surface area contributed by atoms with Crippen molar-refractivity contribution >= 4 is 41.0 Å². The summed E-state index contributed by atoms with van der Waals surface area (Å²) in [6, 6.07) is 12.3. The first-order valence-corrected chi connectivity index (χ1v) is 11.9. The van der Waals surface area contributed by atoms with E-state index in [1.165, 1.54) is 0 Å². The first kappa shape index (κ1) is 20.5. The molecule has 8 heteroatoms. The van der Waals surface area contributed by atoms with Crippen LogP contribution in [0.1, 0.15) is 15.9 Å². The van der Waals surface area contributed by atoms with Gasteiger partial charge in [0.25, 0.3) is 5.91 Å². The molecule has 2 amide bonds. The average molecular weight is 456 g/mol. The maximum atomic E-state index is 13.4. The van der Waals surface area contributed by atoms with Crippen LogP contribution in [0.2, 0.25) is 5.02 Å². The molecular weight excluding hydrogens is 434 g/mol. The summed E-state index contributed by atoms with van der Waals surface area (Å²) < 4.78 is 0. The van der Waals surface area contributed by atoms with Gasteiger partial charge in [0.15, 0.2) is 5.78 Å². The number of Topliss-reactive ketones (excluding diaryl/α,β-unsaturated/α-hetero) is 1. The highest BCUT2D eigenvalue weighted by atomic mass is 35.5. The molecule has 2 atom stereocenters. The van der Waals surface area contributed by atoms with E-state index in [2.05, 4.69) is 5.32 Å². The molecule has 3 aliphatic heterocycles. The van der Waals surface area contributed by atoms with Crippen molar-refractivity contribution < 1.29 is 14.4 Å². The molecule has 0 aliphatic carbocycles. The maximum Gasteiger partial charge on any atom is 0.254 e. The van der Waals surface area contributed by atoms with Crippen molar-refractivity contribution in [3.63, 3.8) is 0 Å². The van der Waals surface area contributed by atoms with Gasteiger partial charge in [-0.15, -0.1) is 11.8 Å². The standard InChI is InChI=1S/C23H22ClN3O3S/c24-17-5-3-14(4-6-17)15-1-2-16-10-21(28)20-11-26(23(30)19-12-31-13-25-19)7-8-27(20)22(29)18(16)9-15/h1-6,9,19-20,25H,7-8,10-13H2/t19-,20+/m0/s1. The van der Waals surface area contributed by atoms with Gasteiger partial charge in [-0.1, -0.05) is 35.9 Å². The highest BCUT2D eigenvalue weighted by molar-refractivity contribution is 7.99. The van der Waals surface area contributed by atoms with Crippen LogP contribution in [0.15, 0.2) is 42.5 Å². The molecule has 3 aliphatic rings. The van der Waals surface area contributed by atoms with Crippen LogP contribution in [0.4, 0.5) is 0 Å². The fraction of sp³-hybridized carbons (Fsp3) is 0.348. The molecule has 31 heavy (non-hydrogen) atoms. The van der Waals surface area contributed by atoms with E-state index in [0.29, 0.717) is 23.7 Å². The third kappa shape index (κ3) is 3.86. The van der Waals surface area contributed by atoms with Gasteiger partial charge in [-0.2, -0.15) is 0 Å². The largest absolute Gasteiger partial charge is 0.337 e. The van der Waals surface area contributed by atoms with E-state index in [1.807, 2.05) is 42.5 Å². The Bertz CT molecular complexity index is 1050. The number of rotatable bonds is 2. The quantitative estimate of drug-likeness (QED) is 0.753. The maximum absolute atomic E-state index is 13.4. The van der Waals surface area contributed by atoms with Crippen molar-refractivity contribution in [3.8, 4) is 11.1 Å². The molecule has 5 rings (SSSR count). The van der Waals surface area contributed by atoms with Crippen LogP contribution >= 0.6 is 23.4 Å². The Balaban J connectivity index is 1.41. The second-order valence-electron chi connectivity index (χ2n) is 8.09. The molecule has 0 aromatic heterocycles. The first-order valence-electron chi connectivity index (χ1n) is 10.3. The lowest BCUT2D eigenvalue weighted by Gasteiger charge is -2.40. The van der Waals surface area contributed by atoms with Crippen molar-refractivity contribution in [3.05, 3.63) is 58.6 Å². The van der Waals surface area contributed by atoms with Gasteiger partial charge in [0, 0.05) is 48.3 Å². The van der Waals surface area contributed by atoms with Crippen molar-refractivity contribution in [1.29, 1.82) is 0 Å². The monoisotopic (exact) mass is 455 g/mol. The normalized spacial score (nSPS) is 23.4. The number of hydrogen-bond acceptors (Lipinski definition) is 5. The number of carbonyl (C=O) groups excluding carboxylic acids is 3. The number of thioether (sulfide) groups is 1. The first-order chi connectivity index (χ1) is 15.0. The SMILES string of the molecule is O=C1Cc2ccc(-c3ccc(Cl)cc3)cc2C(=O)N2CCN(C(=O)[C@@H]3CSCN3)C[C@H]12. The van der Waals surface area contributed by atoms with Crippen LogP contribution in [-0.2, 0) is 16.0 Å². The molecule has 2 aromatic carbocycles. The Morgan fingerprint density at radius 3 is 2.58 bits per heavy atom. The number of nitrogens with zero attached hydrogens (tertiary/aromatic N) is 2. The van der Waals surface area contributed by atoms with Crippen LogP contribution in [0, 0.1) is 0 Å². The summed E-state index contributed by atoms with van der Waals surface area (Å²) in [5.41, 5.74) is 3.18. The zero-order chi connectivity index (χ0) is 21.5. The molecule has 0 unspecified atom stereocenters. The van der Waals surface area contributed by atoms with E-state index in [4.69, 9.17) is 11.6 Å². The number of fused-ring (bicyclic) bond motifs is 2. The molecular formula is C23H22ClN3O3S. The van der Waals surface area contributed by atoms with Crippen molar-refractivity contribution in [2.75, 3.05) is 31.3 Å². The van der Waals surface area contributed by atoms with Crippen molar-refractivity contribution in [1.82, 2.24) is 15.1 Å². The van der Waals surface area contributed by atoms with E-state index in [9.17, 15) is 14.4 Å². The summed E-state index contributed by atoms with van der Waals surface area (Å²) in [4.78, 5) is 42.7. The van der Waals surface area contributed by atoms with E-state index in [0.717, 1.165) is 28.3 Å². The Morgan fingerprint density at radius 2 is 1.84 bits per heavy atom. The third-order valence-electron chi connectivity index (χ3n) is 6.22. The number of hydrogen-bond donors (Lipinski definition) is 1. The molecule has 2 fully saturated rings. The van der Waals surface area contributed by atoms with Gasteiger partial charge in [0.1, 0.15) is 6.04 Å². The zero-order valence-electron chi connectivity index (χ0n) is 16.8. The van der Waals surface area contributed by atoms with E-state index >= 15 is 0 Å². The average Bonchev–Trinajstić information content (AvgIpc) is 3.30. The lowest BCUT2D eigenvalue weighted by Crippen LogP contribution is -2.61. The predicted molar refractivity (Wildman–Crippen MR) is 121 cm³/mol. The van der Waals surface area contributed by atoms with Gasteiger partial charge in [-0.25, -0.2) is 0 Å². The molecule has 0 radical (unpaired) electrons. The molecule has 1 N–H and O–H groups in total. The molecule has 2 saturated heterocycles. The van der Waals surface area contributed by atoms with E-state index in [-0.39, 0.29) is 36.6 Å². The minimum atomic E-state index is -0.592. The van der Waals surface area contributed by atoms with Crippen LogP contribution < -0.4 is 5.32 Å². The Kier molecular flexibility index (Phi) is 5.50. The van der Waals surface area contributed by atoms with Crippen LogP contribution in [-0.4, -0.2) is 70.7 Å². The number of halogens is 1. The summed E-state index contributed by atoms with van der Waals surface area (Å²) in [5, 5.41) is 3.85. The minimum Gasteiger partial charge on any atom is -0.337 e. The second-order valence-corrected chi connectivity index (χ2v) is 9.56. The zero-order valence-corrected chi connectivity index (χ0v) is 18.4. The van der Waals surface area contributed by atoms with E-state index in [1.54, 1.807) is 21.6 Å². The molecule has 0 spiro atoms. The summed E-state index contributed by atoms with van der Waals surface area (Å²) in [7, 11) is 0. The van der Waals surface area contributed by atoms with Crippen LogP contribution in [0.25, 0.3) is 11.1 Å². The number of benzene rings is 2. The molecule has 160 valence electrons. The van der Waals surface area contributed by atoms with Gasteiger partial charge >= 0.3 is 0 Å². The van der Waals surface area contributed by atoms with Crippen LogP contribution in [0.3, 0.4) is 0 Å². The molecule has 0 bridgehead atoms. The third-order valence-corrected chi connectivity index (χ3v) is 7.41. The number of amides is 2. The number of ketones is 1. The van der Waals surface area contributed by atoms with Gasteiger partial charge < -0.3 is 9.80 Å². The minimum absolute atomic E-state index is 0.0161. The van der Waals surface area contributed by atoms with Crippen molar-refractivity contribution in [2.45, 2.75) is 18.5 Å². The molecule has 6 nitrogen and oxygen atoms in total. The number of piperazine rings is 1. The highest BCUT2D eigenvalue weighted by Gasteiger charge is 2.41. The number of carbonyl (C=O) groups is 3. The lowest BCUT2D eigenvalue weighted by molar-refractivity contribution is -0.137. The molecule has 0 saturated carbocycles. The summed E-state index contributed by atoms with van der Waals surface area (Å²) in [6.07, 6.45) is 0.197. The topological polar surface area (TPSA) is 69.7 Å². The summed E-state index contributed by atoms with van der Waals surface area (Å²) >= 11 is 7.69. The van der Waals surface area contributed by atoms with Gasteiger partial charge in [0.2, 0.25) is 5.91 Å². The van der Waals surface area contributed by atoms with Crippen LogP contribution in [0.5, 0.6) is 0 Å². The highest BCUT2D eigenvalue weighted by Crippen LogP contribution is 2.29. The second kappa shape index (κ2) is 8.30. The van der Waals surface area contributed by atoms with E-state index < -0.39 is 6.04 Å². The predicted octanol–water partition coefficient (Wildman–Crippen LogP) is 2.45. The molecule has 2 aromatic rings. The van der Waals surface area contributed by atoms with Gasteiger partial charge in [-0.3, -0.25) is 19.7 Å². The summed E-state index contributed by atoms with van der Waals surface area (Å²) in [6.45, 7) is 1.08. The van der Waals surface area contributed by atoms with Crippen molar-refractivity contribution in [2.24, 2.45) is 0 Å². The summed E-state index contributed by atoms with van der Waals surface area (Å²) in [5.74, 6) is 1.38. The lowest BCUT2D eigenvalue weighted by atomic mass is 9.96. The van der Waals surface area contributed by atoms with Gasteiger partial charge in [0.05, 0.1) is 6.04 Å². The Morgan fingerprint density at radius 1 is 1.06 bits per heavy atom. The number of nitrogens with one attached hydrogen (secondary N) is 1. The smallest absolute Gasteiger partial charge is 0.254 e. The fourth-order valence-electron chi connectivity index (χ4n) is 4.49. The Hall–Kier alpha value is -2.35. The Labute approximate surface area is 189 Å². The molecule has 3 heterocycles.